The molecule has 7 heteroatoms. The Labute approximate surface area is 216 Å². The van der Waals surface area contributed by atoms with Crippen LogP contribution in [0.3, 0.4) is 0 Å². The van der Waals surface area contributed by atoms with E-state index in [0.717, 1.165) is 35.3 Å². The van der Waals surface area contributed by atoms with Crippen molar-refractivity contribution in [1.82, 2.24) is 10.2 Å². The first-order chi connectivity index (χ1) is 16.3. The van der Waals surface area contributed by atoms with Gasteiger partial charge in [-0.3, -0.25) is 4.79 Å². The summed E-state index contributed by atoms with van der Waals surface area (Å²) in [4.78, 5) is 15.1. The van der Waals surface area contributed by atoms with Crippen LogP contribution in [0, 0.1) is 11.8 Å². The average Bonchev–Trinajstić information content (AvgIpc) is 3.18. The number of likely N-dealkylation sites (tertiary alicyclic amines) is 1. The van der Waals surface area contributed by atoms with Gasteiger partial charge in [-0.25, -0.2) is 0 Å². The number of hydrogen-bond acceptors (Lipinski definition) is 5. The van der Waals surface area contributed by atoms with Gasteiger partial charge in [0.1, 0.15) is 11.9 Å². The molecule has 0 radical (unpaired) electrons. The first-order valence-corrected chi connectivity index (χ1v) is 13.5. The third-order valence-electron chi connectivity index (χ3n) is 7.62. The van der Waals surface area contributed by atoms with Gasteiger partial charge in [0.25, 0.3) is 0 Å². The summed E-state index contributed by atoms with van der Waals surface area (Å²) in [5, 5.41) is 13.8. The molecule has 184 valence electrons. The summed E-state index contributed by atoms with van der Waals surface area (Å²) in [6, 6.07) is 11.4. The highest BCUT2D eigenvalue weighted by atomic mass is 127. The second kappa shape index (κ2) is 10.3. The van der Waals surface area contributed by atoms with Crippen LogP contribution in [0.25, 0.3) is 0 Å². The van der Waals surface area contributed by atoms with E-state index in [1.165, 1.54) is 11.1 Å². The van der Waals surface area contributed by atoms with Gasteiger partial charge in [0, 0.05) is 34.4 Å². The molecular weight excluding hydrogens is 543 g/mol. The predicted octanol–water partition coefficient (Wildman–Crippen LogP) is 4.30. The number of piperidine rings is 1. The lowest BCUT2D eigenvalue weighted by atomic mass is 9.61. The normalized spacial score (nSPS) is 25.0. The monoisotopic (exact) mass is 578 g/mol. The Kier molecular flexibility index (Phi) is 7.62. The minimum Gasteiger partial charge on any atom is -0.504 e. The van der Waals surface area contributed by atoms with Crippen molar-refractivity contribution in [3.8, 4) is 17.2 Å². The van der Waals surface area contributed by atoms with Gasteiger partial charge in [0.05, 0.1) is 13.5 Å². The molecule has 4 unspecified atom stereocenters. The number of amides is 1. The number of nitrogens with one attached hydrogen (secondary N) is 1. The van der Waals surface area contributed by atoms with E-state index in [-0.39, 0.29) is 29.1 Å². The van der Waals surface area contributed by atoms with Crippen molar-refractivity contribution in [1.29, 1.82) is 0 Å². The number of phenolic OH excluding ortho intramolecular Hbond substituents is 1. The standard InChI is InChI=1S/C27H35IN2O4/c1-17(15-29-23(32)13-19-5-8-21(33-4)9-6-19)26-27(11-12-30(3)16-18(27)2)24-20(14-28)7-10-22(31)25(24)34-26/h5-10,17-18,26,31H,11-16H2,1-4H3,(H,29,32). The third-order valence-corrected chi connectivity index (χ3v) is 8.44. The van der Waals surface area contributed by atoms with Crippen LogP contribution in [0.1, 0.15) is 37.0 Å². The number of fused-ring (bicyclic) bond motifs is 2. The van der Waals surface area contributed by atoms with Gasteiger partial charge < -0.3 is 24.8 Å². The summed E-state index contributed by atoms with van der Waals surface area (Å²) in [6.07, 6.45) is 1.19. The van der Waals surface area contributed by atoms with Crippen LogP contribution >= 0.6 is 22.6 Å². The quantitative estimate of drug-likeness (QED) is 0.379. The van der Waals surface area contributed by atoms with Crippen LogP contribution in [0.4, 0.5) is 0 Å². The Morgan fingerprint density at radius 3 is 2.71 bits per heavy atom. The summed E-state index contributed by atoms with van der Waals surface area (Å²) >= 11 is 2.40. The number of methoxy groups -OCH3 is 1. The van der Waals surface area contributed by atoms with Gasteiger partial charge >= 0.3 is 0 Å². The number of phenols is 1. The number of ether oxygens (including phenoxy) is 2. The molecule has 0 bridgehead atoms. The second-order valence-electron chi connectivity index (χ2n) is 9.88. The molecule has 2 heterocycles. The van der Waals surface area contributed by atoms with Crippen molar-refractivity contribution in [3.63, 3.8) is 0 Å². The molecule has 34 heavy (non-hydrogen) atoms. The average molecular weight is 578 g/mol. The highest BCUT2D eigenvalue weighted by Gasteiger charge is 2.57. The molecule has 1 saturated heterocycles. The minimum atomic E-state index is -0.179. The van der Waals surface area contributed by atoms with Crippen LogP contribution in [0.15, 0.2) is 36.4 Å². The molecule has 4 rings (SSSR count). The van der Waals surface area contributed by atoms with Gasteiger partial charge in [0.15, 0.2) is 11.5 Å². The Morgan fingerprint density at radius 1 is 1.32 bits per heavy atom. The number of nitrogens with zero attached hydrogens (tertiary/aromatic N) is 1. The molecule has 2 aromatic rings. The molecule has 4 atom stereocenters. The maximum Gasteiger partial charge on any atom is 0.224 e. The molecular formula is C27H35IN2O4. The van der Waals surface area contributed by atoms with E-state index < -0.39 is 0 Å². The lowest BCUT2D eigenvalue weighted by Crippen LogP contribution is -2.56. The number of alkyl halides is 1. The SMILES string of the molecule is COc1ccc(CC(=O)NCC(C)C2Oc3c(O)ccc(CI)c3C23CCN(C)CC3C)cc1. The van der Waals surface area contributed by atoms with E-state index in [0.29, 0.717) is 24.6 Å². The first kappa shape index (κ1) is 25.1. The Bertz CT molecular complexity index is 1030. The number of hydrogen-bond donors (Lipinski definition) is 2. The highest BCUT2D eigenvalue weighted by molar-refractivity contribution is 14.1. The van der Waals surface area contributed by atoms with Crippen LogP contribution in [0.2, 0.25) is 0 Å². The summed E-state index contributed by atoms with van der Waals surface area (Å²) in [6.45, 7) is 6.94. The lowest BCUT2D eigenvalue weighted by molar-refractivity contribution is -0.120. The van der Waals surface area contributed by atoms with E-state index in [2.05, 4.69) is 53.7 Å². The number of carbonyl (C=O) groups excluding carboxylic acids is 1. The Balaban J connectivity index is 1.53. The van der Waals surface area contributed by atoms with E-state index in [4.69, 9.17) is 9.47 Å². The predicted molar refractivity (Wildman–Crippen MR) is 142 cm³/mol. The van der Waals surface area contributed by atoms with E-state index in [1.807, 2.05) is 30.3 Å². The summed E-state index contributed by atoms with van der Waals surface area (Å²) in [5.74, 6) is 2.08. The number of aromatic hydroxyl groups is 1. The van der Waals surface area contributed by atoms with Crippen molar-refractivity contribution < 1.29 is 19.4 Å². The Hall–Kier alpha value is -2.00. The second-order valence-corrected chi connectivity index (χ2v) is 10.6. The fourth-order valence-electron chi connectivity index (χ4n) is 5.86. The summed E-state index contributed by atoms with van der Waals surface area (Å²) in [7, 11) is 3.80. The molecule has 2 aliphatic heterocycles. The Morgan fingerprint density at radius 2 is 2.06 bits per heavy atom. The number of carbonyl (C=O) groups is 1. The number of halogens is 1. The maximum atomic E-state index is 12.7. The van der Waals surface area contributed by atoms with E-state index in [1.54, 1.807) is 13.2 Å². The zero-order chi connectivity index (χ0) is 24.5. The van der Waals surface area contributed by atoms with Crippen molar-refractivity contribution >= 4 is 28.5 Å². The zero-order valence-electron chi connectivity index (χ0n) is 20.4. The molecule has 0 aliphatic carbocycles. The molecule has 0 aromatic heterocycles. The number of rotatable bonds is 7. The first-order valence-electron chi connectivity index (χ1n) is 12.0. The van der Waals surface area contributed by atoms with Gasteiger partial charge in [0.2, 0.25) is 5.91 Å². The molecule has 1 spiro atoms. The summed E-state index contributed by atoms with van der Waals surface area (Å²) < 4.78 is 12.6. The summed E-state index contributed by atoms with van der Waals surface area (Å²) in [5.41, 5.74) is 3.20. The van der Waals surface area contributed by atoms with Gasteiger partial charge in [-0.1, -0.05) is 54.6 Å². The van der Waals surface area contributed by atoms with Crippen LogP contribution in [-0.4, -0.2) is 55.8 Å². The van der Waals surface area contributed by atoms with Gasteiger partial charge in [-0.05, 0) is 55.3 Å². The van der Waals surface area contributed by atoms with Crippen molar-refractivity contribution in [2.75, 3.05) is 33.8 Å². The number of benzene rings is 2. The third kappa shape index (κ3) is 4.61. The largest absolute Gasteiger partial charge is 0.504 e. The van der Waals surface area contributed by atoms with Crippen molar-refractivity contribution in [3.05, 3.63) is 53.1 Å². The lowest BCUT2D eigenvalue weighted by Gasteiger charge is -2.48. The molecule has 6 nitrogen and oxygen atoms in total. The molecule has 0 saturated carbocycles. The van der Waals surface area contributed by atoms with Crippen LogP contribution in [-0.2, 0) is 21.1 Å². The van der Waals surface area contributed by atoms with E-state index >= 15 is 0 Å². The topological polar surface area (TPSA) is 71.0 Å². The maximum absolute atomic E-state index is 12.7. The molecule has 2 aromatic carbocycles. The van der Waals surface area contributed by atoms with Gasteiger partial charge in [-0.15, -0.1) is 0 Å². The minimum absolute atomic E-state index is 0.00574. The van der Waals surface area contributed by atoms with Crippen LogP contribution < -0.4 is 14.8 Å². The molecule has 2 N–H and O–H groups in total. The highest BCUT2D eigenvalue weighted by Crippen LogP contribution is 2.57. The van der Waals surface area contributed by atoms with Crippen LogP contribution in [0.5, 0.6) is 17.2 Å². The fourth-order valence-corrected chi connectivity index (χ4v) is 6.50. The van der Waals surface area contributed by atoms with Crippen molar-refractivity contribution in [2.45, 2.75) is 42.6 Å². The van der Waals surface area contributed by atoms with Crippen molar-refractivity contribution in [2.24, 2.45) is 11.8 Å². The zero-order valence-corrected chi connectivity index (χ0v) is 22.6. The smallest absolute Gasteiger partial charge is 0.224 e. The van der Waals surface area contributed by atoms with E-state index in [9.17, 15) is 9.90 Å². The van der Waals surface area contributed by atoms with Gasteiger partial charge in [-0.2, -0.15) is 0 Å². The fraction of sp³-hybridized carbons (Fsp3) is 0.519. The molecule has 1 amide bonds. The molecule has 1 fully saturated rings. The molecule has 2 aliphatic rings.